The molecule has 3 rings (SSSR count). The van der Waals surface area contributed by atoms with Gasteiger partial charge < -0.3 is 5.32 Å². The lowest BCUT2D eigenvalue weighted by molar-refractivity contribution is 0.874. The summed E-state index contributed by atoms with van der Waals surface area (Å²) in [5.74, 6) is 0.241. The lowest BCUT2D eigenvalue weighted by Gasteiger charge is -2.06. The van der Waals surface area contributed by atoms with Crippen LogP contribution < -0.4 is 10.9 Å². The van der Waals surface area contributed by atoms with Crippen molar-refractivity contribution in [2.75, 3.05) is 5.32 Å². The molecule has 2 aromatic carbocycles. The van der Waals surface area contributed by atoms with Gasteiger partial charge in [0.2, 0.25) is 5.95 Å². The van der Waals surface area contributed by atoms with Crippen molar-refractivity contribution < 1.29 is 0 Å². The summed E-state index contributed by atoms with van der Waals surface area (Å²) in [5.41, 5.74) is 1.72. The van der Waals surface area contributed by atoms with Gasteiger partial charge in [0, 0.05) is 12.1 Å². The number of aromatic amines is 1. The predicted octanol–water partition coefficient (Wildman–Crippen LogP) is 3.81. The van der Waals surface area contributed by atoms with Gasteiger partial charge >= 0.3 is 0 Å². The van der Waals surface area contributed by atoms with Crippen LogP contribution in [0.3, 0.4) is 0 Å². The molecule has 0 aliphatic heterocycles. The van der Waals surface area contributed by atoms with Gasteiger partial charge in [-0.25, -0.2) is 0 Å². The summed E-state index contributed by atoms with van der Waals surface area (Å²) in [4.78, 5) is 14.8. The Kier molecular flexibility index (Phi) is 4.60. The van der Waals surface area contributed by atoms with E-state index in [1.807, 2.05) is 30.3 Å². The van der Waals surface area contributed by atoms with E-state index in [1.165, 1.54) is 0 Å². The third-order valence-corrected chi connectivity index (χ3v) is 3.90. The second-order valence-electron chi connectivity index (χ2n) is 4.87. The van der Waals surface area contributed by atoms with Crippen molar-refractivity contribution in [3.8, 4) is 0 Å². The molecular formula is C16H12Cl2N4O. The van der Waals surface area contributed by atoms with Crippen molar-refractivity contribution in [2.45, 2.75) is 6.42 Å². The second kappa shape index (κ2) is 6.81. The van der Waals surface area contributed by atoms with Crippen molar-refractivity contribution in [3.63, 3.8) is 0 Å². The maximum atomic E-state index is 12.1. The minimum atomic E-state index is -0.286. The molecule has 1 aromatic heterocycles. The molecule has 0 aliphatic carbocycles. The molecule has 0 saturated heterocycles. The zero-order valence-corrected chi connectivity index (χ0v) is 13.4. The average molecular weight is 347 g/mol. The molecule has 2 N–H and O–H groups in total. The number of rotatable bonds is 4. The summed E-state index contributed by atoms with van der Waals surface area (Å²) in [6.45, 7) is 0. The van der Waals surface area contributed by atoms with Crippen LogP contribution in [0.4, 0.5) is 11.6 Å². The normalized spacial score (nSPS) is 10.5. The molecule has 23 heavy (non-hydrogen) atoms. The summed E-state index contributed by atoms with van der Waals surface area (Å²) < 4.78 is 0. The highest BCUT2D eigenvalue weighted by Gasteiger charge is 2.07. The van der Waals surface area contributed by atoms with Gasteiger partial charge in [0.15, 0.2) is 0 Å². The van der Waals surface area contributed by atoms with Crippen LogP contribution in [-0.4, -0.2) is 15.2 Å². The number of halogens is 2. The van der Waals surface area contributed by atoms with Crippen molar-refractivity contribution in [3.05, 3.63) is 80.2 Å². The number of hydrogen-bond donors (Lipinski definition) is 2. The van der Waals surface area contributed by atoms with E-state index in [9.17, 15) is 4.79 Å². The molecule has 0 atom stereocenters. The fourth-order valence-corrected chi connectivity index (χ4v) is 2.33. The molecule has 116 valence electrons. The first-order chi connectivity index (χ1) is 11.1. The minimum Gasteiger partial charge on any atom is -0.324 e. The van der Waals surface area contributed by atoms with Crippen LogP contribution in [-0.2, 0) is 6.42 Å². The molecule has 0 amide bonds. The number of nitrogens with one attached hydrogen (secondary N) is 2. The first-order valence-corrected chi connectivity index (χ1v) is 7.59. The first kappa shape index (κ1) is 15.5. The smallest absolute Gasteiger partial charge is 0.274 e. The predicted molar refractivity (Wildman–Crippen MR) is 91.6 cm³/mol. The van der Waals surface area contributed by atoms with Crippen molar-refractivity contribution in [2.24, 2.45) is 0 Å². The maximum Gasteiger partial charge on any atom is 0.274 e. The maximum absolute atomic E-state index is 12.1. The molecule has 0 radical (unpaired) electrons. The van der Waals surface area contributed by atoms with Gasteiger partial charge in [-0.3, -0.25) is 9.78 Å². The van der Waals surface area contributed by atoms with Crippen LogP contribution in [0.2, 0.25) is 10.0 Å². The van der Waals surface area contributed by atoms with Gasteiger partial charge in [0.25, 0.3) is 5.56 Å². The Morgan fingerprint density at radius 2 is 1.78 bits per heavy atom. The highest BCUT2D eigenvalue weighted by atomic mass is 35.5. The monoisotopic (exact) mass is 346 g/mol. The minimum absolute atomic E-state index is 0.241. The largest absolute Gasteiger partial charge is 0.324 e. The van der Waals surface area contributed by atoms with E-state index >= 15 is 0 Å². The Hall–Kier alpha value is -2.37. The molecule has 5 nitrogen and oxygen atoms in total. The lowest BCUT2D eigenvalue weighted by atomic mass is 10.1. The first-order valence-electron chi connectivity index (χ1n) is 6.84. The average Bonchev–Trinajstić information content (AvgIpc) is 2.55. The van der Waals surface area contributed by atoms with Gasteiger partial charge in [0.05, 0.1) is 10.0 Å². The van der Waals surface area contributed by atoms with Gasteiger partial charge in [-0.1, -0.05) is 53.5 Å². The Morgan fingerprint density at radius 1 is 1.00 bits per heavy atom. The van der Waals surface area contributed by atoms with Crippen LogP contribution in [0.15, 0.2) is 53.3 Å². The molecule has 0 bridgehead atoms. The second-order valence-corrected chi connectivity index (χ2v) is 5.68. The number of nitrogens with zero attached hydrogens (tertiary/aromatic N) is 2. The van der Waals surface area contributed by atoms with E-state index in [1.54, 1.807) is 18.2 Å². The fraction of sp³-hybridized carbons (Fsp3) is 0.0625. The molecule has 0 spiro atoms. The van der Waals surface area contributed by atoms with E-state index in [4.69, 9.17) is 23.2 Å². The molecule has 0 saturated carbocycles. The standard InChI is InChI=1S/C16H12Cl2N4O/c17-12-7-6-11(9-13(12)18)19-16-20-15(23)14(21-22-16)8-10-4-2-1-3-5-10/h1-7,9H,8H2,(H2,19,20,22,23). The summed E-state index contributed by atoms with van der Waals surface area (Å²) in [6.07, 6.45) is 0.427. The lowest BCUT2D eigenvalue weighted by Crippen LogP contribution is -2.18. The SMILES string of the molecule is O=c1[nH]c(Nc2ccc(Cl)c(Cl)c2)nnc1Cc1ccccc1. The molecule has 7 heteroatoms. The topological polar surface area (TPSA) is 70.7 Å². The van der Waals surface area contributed by atoms with Crippen LogP contribution in [0.25, 0.3) is 0 Å². The summed E-state index contributed by atoms with van der Waals surface area (Å²) in [7, 11) is 0. The summed E-state index contributed by atoms with van der Waals surface area (Å²) in [6, 6.07) is 14.6. The van der Waals surface area contributed by atoms with Gasteiger partial charge in [-0.2, -0.15) is 0 Å². The number of hydrogen-bond acceptors (Lipinski definition) is 4. The third kappa shape index (κ3) is 3.88. The quantitative estimate of drug-likeness (QED) is 0.753. The van der Waals surface area contributed by atoms with E-state index in [2.05, 4.69) is 20.5 Å². The van der Waals surface area contributed by atoms with Crippen LogP contribution in [0.5, 0.6) is 0 Å². The third-order valence-electron chi connectivity index (χ3n) is 3.16. The molecule has 3 aromatic rings. The van der Waals surface area contributed by atoms with Crippen molar-refractivity contribution >= 4 is 34.8 Å². The number of aromatic nitrogens is 3. The molecule has 1 heterocycles. The van der Waals surface area contributed by atoms with Crippen LogP contribution >= 0.6 is 23.2 Å². The number of anilines is 2. The zero-order valence-electron chi connectivity index (χ0n) is 11.9. The van der Waals surface area contributed by atoms with Crippen molar-refractivity contribution in [1.82, 2.24) is 15.2 Å². The summed E-state index contributed by atoms with van der Waals surface area (Å²) >= 11 is 11.8. The molecule has 0 fully saturated rings. The molecule has 0 unspecified atom stereocenters. The van der Waals surface area contributed by atoms with E-state index in [0.717, 1.165) is 5.56 Å². The zero-order chi connectivity index (χ0) is 16.2. The Labute approximate surface area is 142 Å². The van der Waals surface area contributed by atoms with Crippen LogP contribution in [0.1, 0.15) is 11.3 Å². The Balaban J connectivity index is 1.79. The van der Waals surface area contributed by atoms with E-state index in [-0.39, 0.29) is 11.5 Å². The van der Waals surface area contributed by atoms with Crippen molar-refractivity contribution in [1.29, 1.82) is 0 Å². The highest BCUT2D eigenvalue weighted by molar-refractivity contribution is 6.42. The van der Waals surface area contributed by atoms with Gasteiger partial charge in [-0.15, -0.1) is 10.2 Å². The van der Waals surface area contributed by atoms with Gasteiger partial charge in [-0.05, 0) is 23.8 Å². The number of benzene rings is 2. The molecule has 0 aliphatic rings. The fourth-order valence-electron chi connectivity index (χ4n) is 2.03. The molecular weight excluding hydrogens is 335 g/mol. The van der Waals surface area contributed by atoms with Gasteiger partial charge in [0.1, 0.15) is 5.69 Å². The van der Waals surface area contributed by atoms with E-state index in [0.29, 0.717) is 27.8 Å². The number of H-pyrrole nitrogens is 1. The van der Waals surface area contributed by atoms with Crippen LogP contribution in [0, 0.1) is 0 Å². The Bertz CT molecular complexity index is 881. The van der Waals surface area contributed by atoms with E-state index < -0.39 is 0 Å². The highest BCUT2D eigenvalue weighted by Crippen LogP contribution is 2.25. The Morgan fingerprint density at radius 3 is 2.48 bits per heavy atom. The summed E-state index contributed by atoms with van der Waals surface area (Å²) in [5, 5.41) is 11.8.